The van der Waals surface area contributed by atoms with E-state index in [1.165, 1.54) is 13.3 Å². The average molecular weight is 393 g/mol. The third-order valence-electron chi connectivity index (χ3n) is 4.36. The highest BCUT2D eigenvalue weighted by molar-refractivity contribution is 6.04. The number of carboxylic acids is 1. The van der Waals surface area contributed by atoms with E-state index in [0.29, 0.717) is 23.1 Å². The lowest BCUT2D eigenvalue weighted by atomic mass is 10.00. The van der Waals surface area contributed by atoms with E-state index < -0.39 is 17.5 Å². The SMILES string of the molecule is COc1cc(Cc2ncc(C(=O)O)c3ccccc23)ccc1C(=O)OC(C)(C)C. The first-order valence-electron chi connectivity index (χ1n) is 9.20. The van der Waals surface area contributed by atoms with Gasteiger partial charge in [0, 0.05) is 18.0 Å². The minimum atomic E-state index is -1.01. The van der Waals surface area contributed by atoms with Gasteiger partial charge in [-0.25, -0.2) is 9.59 Å². The Kier molecular flexibility index (Phi) is 5.55. The second-order valence-electron chi connectivity index (χ2n) is 7.68. The number of fused-ring (bicyclic) bond motifs is 1. The number of esters is 1. The van der Waals surface area contributed by atoms with Crippen LogP contribution >= 0.6 is 0 Å². The fourth-order valence-corrected chi connectivity index (χ4v) is 3.10. The van der Waals surface area contributed by atoms with E-state index in [0.717, 1.165) is 16.6 Å². The fraction of sp³-hybridized carbons (Fsp3) is 0.261. The second-order valence-corrected chi connectivity index (χ2v) is 7.68. The zero-order valence-corrected chi connectivity index (χ0v) is 16.9. The number of pyridine rings is 1. The highest BCUT2D eigenvalue weighted by atomic mass is 16.6. The predicted octanol–water partition coefficient (Wildman–Crippen LogP) is 4.49. The molecule has 1 aromatic heterocycles. The summed E-state index contributed by atoms with van der Waals surface area (Å²) in [6.45, 7) is 5.43. The molecule has 0 spiro atoms. The van der Waals surface area contributed by atoms with Crippen LogP contribution in [0, 0.1) is 0 Å². The van der Waals surface area contributed by atoms with Gasteiger partial charge in [0.05, 0.1) is 18.4 Å². The van der Waals surface area contributed by atoms with Gasteiger partial charge >= 0.3 is 11.9 Å². The van der Waals surface area contributed by atoms with Gasteiger partial charge in [-0.1, -0.05) is 30.3 Å². The molecule has 1 heterocycles. The first kappa shape index (κ1) is 20.3. The van der Waals surface area contributed by atoms with Gasteiger partial charge in [-0.2, -0.15) is 0 Å². The van der Waals surface area contributed by atoms with E-state index in [1.807, 2.05) is 39.0 Å². The van der Waals surface area contributed by atoms with Crippen molar-refractivity contribution in [3.8, 4) is 5.75 Å². The number of hydrogen-bond acceptors (Lipinski definition) is 5. The topological polar surface area (TPSA) is 85.7 Å². The number of aromatic carboxylic acids is 1. The van der Waals surface area contributed by atoms with Crippen molar-refractivity contribution in [3.63, 3.8) is 0 Å². The molecule has 3 aromatic rings. The molecule has 6 heteroatoms. The standard InChI is InChI=1S/C23H23NO5/c1-23(2,3)29-22(27)17-10-9-14(12-20(17)28-4)11-19-16-8-6-5-7-15(16)18(13-24-19)21(25)26/h5-10,12-13H,11H2,1-4H3,(H,25,26). The monoisotopic (exact) mass is 393 g/mol. The Morgan fingerprint density at radius 3 is 2.34 bits per heavy atom. The number of rotatable bonds is 5. The molecule has 0 unspecified atom stereocenters. The normalized spacial score (nSPS) is 11.3. The molecular weight excluding hydrogens is 370 g/mol. The third kappa shape index (κ3) is 4.54. The molecule has 3 rings (SSSR count). The number of benzene rings is 2. The molecule has 29 heavy (non-hydrogen) atoms. The van der Waals surface area contributed by atoms with Crippen molar-refractivity contribution in [3.05, 3.63) is 71.0 Å². The van der Waals surface area contributed by atoms with Gasteiger partial charge in [-0.15, -0.1) is 0 Å². The minimum Gasteiger partial charge on any atom is -0.496 e. The molecule has 0 aliphatic rings. The van der Waals surface area contributed by atoms with E-state index in [2.05, 4.69) is 4.98 Å². The van der Waals surface area contributed by atoms with Crippen molar-refractivity contribution in [2.75, 3.05) is 7.11 Å². The number of methoxy groups -OCH3 is 1. The Hall–Kier alpha value is -3.41. The molecule has 1 N–H and O–H groups in total. The average Bonchev–Trinajstić information content (AvgIpc) is 2.66. The summed E-state index contributed by atoms with van der Waals surface area (Å²) < 4.78 is 10.8. The van der Waals surface area contributed by atoms with Crippen molar-refractivity contribution in [1.82, 2.24) is 4.98 Å². The van der Waals surface area contributed by atoms with E-state index >= 15 is 0 Å². The Bertz CT molecular complexity index is 1080. The first-order valence-corrected chi connectivity index (χ1v) is 9.20. The van der Waals surface area contributed by atoms with E-state index in [1.54, 1.807) is 24.3 Å². The largest absolute Gasteiger partial charge is 0.496 e. The maximum atomic E-state index is 12.4. The van der Waals surface area contributed by atoms with Crippen LogP contribution in [0.5, 0.6) is 5.75 Å². The summed E-state index contributed by atoms with van der Waals surface area (Å²) in [4.78, 5) is 28.3. The minimum absolute atomic E-state index is 0.169. The maximum Gasteiger partial charge on any atom is 0.342 e. The second kappa shape index (κ2) is 7.91. The van der Waals surface area contributed by atoms with Crippen molar-refractivity contribution >= 4 is 22.7 Å². The number of ether oxygens (including phenoxy) is 2. The summed E-state index contributed by atoms with van der Waals surface area (Å²) in [6, 6.07) is 12.6. The molecule has 0 radical (unpaired) electrons. The Morgan fingerprint density at radius 2 is 1.72 bits per heavy atom. The summed E-state index contributed by atoms with van der Waals surface area (Å²) in [5.41, 5.74) is 1.55. The molecule has 0 saturated heterocycles. The van der Waals surface area contributed by atoms with E-state index in [9.17, 15) is 14.7 Å². The summed E-state index contributed by atoms with van der Waals surface area (Å²) in [7, 11) is 1.50. The van der Waals surface area contributed by atoms with Crippen LogP contribution in [0.1, 0.15) is 52.7 Å². The third-order valence-corrected chi connectivity index (χ3v) is 4.36. The van der Waals surface area contributed by atoms with Crippen LogP contribution in [0.2, 0.25) is 0 Å². The van der Waals surface area contributed by atoms with Crippen LogP contribution in [-0.2, 0) is 11.2 Å². The molecule has 0 saturated carbocycles. The highest BCUT2D eigenvalue weighted by Gasteiger charge is 2.21. The fourth-order valence-electron chi connectivity index (χ4n) is 3.10. The summed E-state index contributed by atoms with van der Waals surface area (Å²) in [6.07, 6.45) is 1.84. The van der Waals surface area contributed by atoms with Gasteiger partial charge < -0.3 is 14.6 Å². The van der Waals surface area contributed by atoms with Crippen LogP contribution in [0.25, 0.3) is 10.8 Å². The van der Waals surface area contributed by atoms with Gasteiger partial charge in [-0.05, 0) is 43.9 Å². The first-order chi connectivity index (χ1) is 13.7. The Labute approximate surface area is 169 Å². The van der Waals surface area contributed by atoms with Gasteiger partial charge in [-0.3, -0.25) is 4.98 Å². The zero-order valence-electron chi connectivity index (χ0n) is 16.9. The molecule has 150 valence electrons. The van der Waals surface area contributed by atoms with Crippen molar-refractivity contribution in [2.45, 2.75) is 32.8 Å². The van der Waals surface area contributed by atoms with Crippen molar-refractivity contribution in [1.29, 1.82) is 0 Å². The molecule has 0 atom stereocenters. The van der Waals surface area contributed by atoms with Crippen molar-refractivity contribution in [2.24, 2.45) is 0 Å². The quantitative estimate of drug-likeness (QED) is 0.643. The van der Waals surface area contributed by atoms with Gasteiger partial charge in [0.25, 0.3) is 0 Å². The van der Waals surface area contributed by atoms with Gasteiger partial charge in [0.15, 0.2) is 0 Å². The highest BCUT2D eigenvalue weighted by Crippen LogP contribution is 2.27. The van der Waals surface area contributed by atoms with Crippen LogP contribution in [-0.4, -0.2) is 34.7 Å². The molecule has 0 aliphatic carbocycles. The molecule has 0 bridgehead atoms. The summed E-state index contributed by atoms with van der Waals surface area (Å²) >= 11 is 0. The van der Waals surface area contributed by atoms with Crippen LogP contribution in [0.3, 0.4) is 0 Å². The van der Waals surface area contributed by atoms with Gasteiger partial charge in [0.1, 0.15) is 16.9 Å². The van der Waals surface area contributed by atoms with Crippen LogP contribution in [0.15, 0.2) is 48.7 Å². The lowest BCUT2D eigenvalue weighted by Crippen LogP contribution is -2.24. The molecule has 0 amide bonds. The molecular formula is C23H23NO5. The van der Waals surface area contributed by atoms with Gasteiger partial charge in [0.2, 0.25) is 0 Å². The summed E-state index contributed by atoms with van der Waals surface area (Å²) in [5, 5.41) is 10.8. The number of carboxylic acid groups (broad SMARTS) is 1. The number of nitrogens with zero attached hydrogens (tertiary/aromatic N) is 1. The Balaban J connectivity index is 1.96. The molecule has 0 aliphatic heterocycles. The van der Waals surface area contributed by atoms with E-state index in [4.69, 9.17) is 9.47 Å². The number of carbonyl (C=O) groups is 2. The smallest absolute Gasteiger partial charge is 0.342 e. The number of hydrogen-bond donors (Lipinski definition) is 1. The van der Waals surface area contributed by atoms with Crippen molar-refractivity contribution < 1.29 is 24.2 Å². The summed E-state index contributed by atoms with van der Waals surface area (Å²) in [5.74, 6) is -1.04. The predicted molar refractivity (Wildman–Crippen MR) is 110 cm³/mol. The number of aromatic nitrogens is 1. The van der Waals surface area contributed by atoms with Crippen LogP contribution < -0.4 is 4.74 Å². The maximum absolute atomic E-state index is 12.4. The molecule has 6 nitrogen and oxygen atoms in total. The van der Waals surface area contributed by atoms with Crippen LogP contribution in [0.4, 0.5) is 0 Å². The Morgan fingerprint density at radius 1 is 1.03 bits per heavy atom. The lowest BCUT2D eigenvalue weighted by molar-refractivity contribution is 0.00663. The zero-order chi connectivity index (χ0) is 21.2. The molecule has 2 aromatic carbocycles. The number of carbonyl (C=O) groups excluding carboxylic acids is 1. The lowest BCUT2D eigenvalue weighted by Gasteiger charge is -2.20. The van der Waals surface area contributed by atoms with E-state index in [-0.39, 0.29) is 5.56 Å². The molecule has 0 fully saturated rings.